The lowest BCUT2D eigenvalue weighted by atomic mass is 10.0. The van der Waals surface area contributed by atoms with E-state index in [-0.39, 0.29) is 30.4 Å². The van der Waals surface area contributed by atoms with Gasteiger partial charge in [-0.3, -0.25) is 15.0 Å². The molecule has 1 heterocycles. The van der Waals surface area contributed by atoms with Crippen LogP contribution < -0.4 is 16.8 Å². The number of nitrogens with two attached hydrogens (primary N) is 2. The number of benzene rings is 1. The lowest BCUT2D eigenvalue weighted by molar-refractivity contribution is -0.147. The molecule has 7 N–H and O–H groups in total. The highest BCUT2D eigenvalue weighted by molar-refractivity contribution is 5.99. The van der Waals surface area contributed by atoms with Crippen LogP contribution in [0.4, 0.5) is 0 Å². The van der Waals surface area contributed by atoms with Gasteiger partial charge in [0, 0.05) is 24.2 Å². The van der Waals surface area contributed by atoms with E-state index in [4.69, 9.17) is 26.7 Å². The molecule has 1 saturated heterocycles. The monoisotopic (exact) mass is 419 g/mol. The van der Waals surface area contributed by atoms with Crippen LogP contribution in [0.1, 0.15) is 41.6 Å². The van der Waals surface area contributed by atoms with E-state index in [1.54, 1.807) is 29.2 Å². The number of nitrogen functional groups attached to an aromatic ring is 1. The minimum atomic E-state index is -1.02. The van der Waals surface area contributed by atoms with E-state index in [1.165, 1.54) is 0 Å². The number of carboxylic acid groups (broad SMARTS) is 1. The first kappa shape index (κ1) is 23.3. The summed E-state index contributed by atoms with van der Waals surface area (Å²) in [6.07, 6.45) is 1.90. The molecule has 0 saturated carbocycles. The molecule has 0 aromatic heterocycles. The topological polar surface area (TPSA) is 172 Å². The summed E-state index contributed by atoms with van der Waals surface area (Å²) < 4.78 is 5.30. The lowest BCUT2D eigenvalue weighted by Crippen LogP contribution is -2.51. The van der Waals surface area contributed by atoms with Gasteiger partial charge in [-0.05, 0) is 44.4 Å². The summed E-state index contributed by atoms with van der Waals surface area (Å²) in [4.78, 5) is 37.9. The number of amidine groups is 1. The van der Waals surface area contributed by atoms with Crippen LogP contribution in [0.5, 0.6) is 0 Å². The minimum Gasteiger partial charge on any atom is -0.480 e. The van der Waals surface area contributed by atoms with Crippen molar-refractivity contribution in [3.05, 3.63) is 35.4 Å². The van der Waals surface area contributed by atoms with Gasteiger partial charge in [0.25, 0.3) is 5.91 Å². The highest BCUT2D eigenvalue weighted by atomic mass is 16.5. The summed E-state index contributed by atoms with van der Waals surface area (Å²) in [5, 5.41) is 18.9. The van der Waals surface area contributed by atoms with Crippen molar-refractivity contribution in [1.82, 2.24) is 10.2 Å². The number of amides is 2. The second-order valence-electron chi connectivity index (χ2n) is 7.18. The number of ether oxygens (including phenoxy) is 1. The van der Waals surface area contributed by atoms with E-state index < -0.39 is 12.0 Å². The molecule has 10 heteroatoms. The van der Waals surface area contributed by atoms with Gasteiger partial charge in [0.15, 0.2) is 0 Å². The van der Waals surface area contributed by atoms with Gasteiger partial charge < -0.3 is 31.5 Å². The smallest absolute Gasteiger partial charge is 0.329 e. The van der Waals surface area contributed by atoms with Crippen LogP contribution in [0.3, 0.4) is 0 Å². The molecule has 0 bridgehead atoms. The maximum absolute atomic E-state index is 13.0. The van der Waals surface area contributed by atoms with Crippen molar-refractivity contribution in [2.24, 2.45) is 11.5 Å². The summed E-state index contributed by atoms with van der Waals surface area (Å²) in [6, 6.07) is 5.57. The van der Waals surface area contributed by atoms with E-state index in [0.29, 0.717) is 56.4 Å². The molecule has 1 aromatic rings. The largest absolute Gasteiger partial charge is 0.480 e. The second-order valence-corrected chi connectivity index (χ2v) is 7.18. The van der Waals surface area contributed by atoms with Crippen molar-refractivity contribution >= 4 is 23.6 Å². The third kappa shape index (κ3) is 6.82. The van der Waals surface area contributed by atoms with Crippen molar-refractivity contribution in [2.45, 2.75) is 37.8 Å². The SMILES string of the molecule is N=C(N)c1ccc(C(=O)N[C@H](CCCN)C(=O)N2CCC(OCC(=O)O)CC2)cc1. The van der Waals surface area contributed by atoms with Crippen LogP contribution in [-0.4, -0.2) is 72.0 Å². The molecule has 2 rings (SSSR count). The number of likely N-dealkylation sites (tertiary alicyclic amines) is 1. The van der Waals surface area contributed by atoms with Gasteiger partial charge in [-0.2, -0.15) is 0 Å². The van der Waals surface area contributed by atoms with Crippen molar-refractivity contribution in [3.63, 3.8) is 0 Å². The zero-order valence-corrected chi connectivity index (χ0v) is 16.8. The van der Waals surface area contributed by atoms with Crippen LogP contribution in [0, 0.1) is 5.41 Å². The summed E-state index contributed by atoms with van der Waals surface area (Å²) in [5.41, 5.74) is 11.9. The maximum atomic E-state index is 13.0. The number of rotatable bonds is 10. The van der Waals surface area contributed by atoms with Crippen molar-refractivity contribution in [2.75, 3.05) is 26.2 Å². The average Bonchev–Trinajstić information content (AvgIpc) is 2.75. The molecule has 2 amide bonds. The van der Waals surface area contributed by atoms with Crippen LogP contribution in [0.15, 0.2) is 24.3 Å². The number of carbonyl (C=O) groups is 3. The van der Waals surface area contributed by atoms with Crippen LogP contribution >= 0.6 is 0 Å². The number of nitrogens with zero attached hydrogens (tertiary/aromatic N) is 1. The van der Waals surface area contributed by atoms with Crippen molar-refractivity contribution in [3.8, 4) is 0 Å². The van der Waals surface area contributed by atoms with Crippen molar-refractivity contribution in [1.29, 1.82) is 5.41 Å². The summed E-state index contributed by atoms with van der Waals surface area (Å²) in [6.45, 7) is 0.922. The van der Waals surface area contributed by atoms with Gasteiger partial charge in [-0.1, -0.05) is 12.1 Å². The standard InChI is InChI=1S/C20H29N5O5/c21-9-1-2-16(24-19(28)14-5-3-13(4-6-14)18(22)23)20(29)25-10-7-15(8-11-25)30-12-17(26)27/h3-6,15-16H,1-2,7-12,21H2,(H3,22,23)(H,24,28)(H,26,27)/t16-/m1/s1. The zero-order valence-electron chi connectivity index (χ0n) is 16.8. The summed E-state index contributed by atoms with van der Waals surface area (Å²) in [5.74, 6) is -1.68. The Balaban J connectivity index is 1.97. The summed E-state index contributed by atoms with van der Waals surface area (Å²) in [7, 11) is 0. The first-order valence-electron chi connectivity index (χ1n) is 9.89. The number of carboxylic acids is 1. The molecular formula is C20H29N5O5. The number of piperidine rings is 1. The van der Waals surface area contributed by atoms with E-state index in [1.807, 2.05) is 0 Å². The zero-order chi connectivity index (χ0) is 22.1. The Kier molecular flexibility index (Phi) is 8.75. The molecule has 0 unspecified atom stereocenters. The fourth-order valence-corrected chi connectivity index (χ4v) is 3.27. The Morgan fingerprint density at radius 2 is 1.80 bits per heavy atom. The van der Waals surface area contributed by atoms with E-state index >= 15 is 0 Å². The Morgan fingerprint density at radius 3 is 2.33 bits per heavy atom. The lowest BCUT2D eigenvalue weighted by Gasteiger charge is -2.34. The van der Waals surface area contributed by atoms with Gasteiger partial charge in [-0.25, -0.2) is 4.79 Å². The fraction of sp³-hybridized carbons (Fsp3) is 0.500. The van der Waals surface area contributed by atoms with Gasteiger partial charge in [0.2, 0.25) is 5.91 Å². The molecule has 1 fully saturated rings. The predicted molar refractivity (Wildman–Crippen MR) is 110 cm³/mol. The molecule has 0 aliphatic carbocycles. The van der Waals surface area contributed by atoms with E-state index in [0.717, 1.165) is 0 Å². The molecular weight excluding hydrogens is 390 g/mol. The third-order valence-electron chi connectivity index (χ3n) is 4.95. The highest BCUT2D eigenvalue weighted by Crippen LogP contribution is 2.16. The number of hydrogen-bond acceptors (Lipinski definition) is 6. The van der Waals surface area contributed by atoms with Crippen LogP contribution in [-0.2, 0) is 14.3 Å². The predicted octanol–water partition coefficient (Wildman–Crippen LogP) is -0.0998. The molecule has 0 spiro atoms. The molecule has 0 radical (unpaired) electrons. The molecule has 10 nitrogen and oxygen atoms in total. The Labute approximate surface area is 175 Å². The van der Waals surface area contributed by atoms with Crippen molar-refractivity contribution < 1.29 is 24.2 Å². The van der Waals surface area contributed by atoms with E-state index in [2.05, 4.69) is 5.32 Å². The first-order chi connectivity index (χ1) is 14.3. The normalized spacial score (nSPS) is 15.4. The number of hydrogen-bond donors (Lipinski definition) is 5. The molecule has 1 aliphatic heterocycles. The molecule has 30 heavy (non-hydrogen) atoms. The average molecular weight is 419 g/mol. The summed E-state index contributed by atoms with van der Waals surface area (Å²) >= 11 is 0. The first-order valence-corrected chi connectivity index (χ1v) is 9.89. The van der Waals surface area contributed by atoms with Crippen LogP contribution in [0.2, 0.25) is 0 Å². The molecule has 1 aromatic carbocycles. The fourth-order valence-electron chi connectivity index (χ4n) is 3.27. The van der Waals surface area contributed by atoms with Gasteiger partial charge in [0.1, 0.15) is 18.5 Å². The maximum Gasteiger partial charge on any atom is 0.329 e. The molecule has 1 atom stereocenters. The Hall–Kier alpha value is -2.98. The van der Waals surface area contributed by atoms with E-state index in [9.17, 15) is 14.4 Å². The number of carbonyl (C=O) groups excluding carboxylic acids is 2. The highest BCUT2D eigenvalue weighted by Gasteiger charge is 2.29. The number of aliphatic carboxylic acids is 1. The second kappa shape index (κ2) is 11.3. The van der Waals surface area contributed by atoms with Crippen LogP contribution in [0.25, 0.3) is 0 Å². The molecule has 1 aliphatic rings. The quantitative estimate of drug-likeness (QED) is 0.260. The Morgan fingerprint density at radius 1 is 1.20 bits per heavy atom. The minimum absolute atomic E-state index is 0.0892. The Bertz CT molecular complexity index is 759. The number of nitrogens with one attached hydrogen (secondary N) is 2. The third-order valence-corrected chi connectivity index (χ3v) is 4.95. The van der Waals surface area contributed by atoms with Gasteiger partial charge in [-0.15, -0.1) is 0 Å². The van der Waals surface area contributed by atoms with Gasteiger partial charge >= 0.3 is 5.97 Å². The molecule has 164 valence electrons. The van der Waals surface area contributed by atoms with Gasteiger partial charge in [0.05, 0.1) is 6.10 Å².